The van der Waals surface area contributed by atoms with E-state index in [-0.39, 0.29) is 24.1 Å². The molecule has 0 aromatic heterocycles. The van der Waals surface area contributed by atoms with Crippen LogP contribution in [0.15, 0.2) is 54.6 Å². The second-order valence-electron chi connectivity index (χ2n) is 8.17. The van der Waals surface area contributed by atoms with E-state index in [2.05, 4.69) is 89.2 Å². The maximum atomic E-state index is 6.38. The van der Waals surface area contributed by atoms with Crippen molar-refractivity contribution in [1.82, 2.24) is 0 Å². The van der Waals surface area contributed by atoms with E-state index in [1.165, 1.54) is 16.7 Å². The molecule has 3 heteroatoms. The Morgan fingerprint density at radius 3 is 1.96 bits per heavy atom. The standard InChI is InChI=1S/C22H29BO2/c1-17-11-14-19(15-12-17)20(16-13-18-9-7-6-8-10-18)23-24-21(2,3)22(4,5)25-23/h6-12,14-15,20H,13,16H2,1-5H3. The highest BCUT2D eigenvalue weighted by atomic mass is 16.7. The summed E-state index contributed by atoms with van der Waals surface area (Å²) in [7, 11) is -0.212. The third-order valence-corrected chi connectivity index (χ3v) is 5.69. The monoisotopic (exact) mass is 336 g/mol. The largest absolute Gasteiger partial charge is 0.465 e. The van der Waals surface area contributed by atoms with Gasteiger partial charge >= 0.3 is 7.12 Å². The summed E-state index contributed by atoms with van der Waals surface area (Å²) in [6.45, 7) is 10.6. The first kappa shape index (κ1) is 18.2. The smallest absolute Gasteiger partial charge is 0.403 e. The molecule has 2 aromatic rings. The van der Waals surface area contributed by atoms with Gasteiger partial charge in [-0.05, 0) is 58.6 Å². The minimum Gasteiger partial charge on any atom is -0.403 e. The molecule has 1 aliphatic rings. The van der Waals surface area contributed by atoms with Crippen LogP contribution in [0.4, 0.5) is 0 Å². The number of rotatable bonds is 5. The van der Waals surface area contributed by atoms with Crippen molar-refractivity contribution in [3.63, 3.8) is 0 Å². The molecule has 1 saturated heterocycles. The van der Waals surface area contributed by atoms with Gasteiger partial charge in [0.1, 0.15) is 0 Å². The first-order valence-corrected chi connectivity index (χ1v) is 9.25. The predicted octanol–water partition coefficient (Wildman–Crippen LogP) is 5.34. The normalized spacial score (nSPS) is 19.8. The van der Waals surface area contributed by atoms with Crippen LogP contribution in [0.2, 0.25) is 0 Å². The van der Waals surface area contributed by atoms with Crippen molar-refractivity contribution in [3.05, 3.63) is 71.3 Å². The van der Waals surface area contributed by atoms with Gasteiger partial charge in [0, 0.05) is 5.82 Å². The average Bonchev–Trinajstić information content (AvgIpc) is 2.78. The van der Waals surface area contributed by atoms with Crippen LogP contribution in [0.25, 0.3) is 0 Å². The molecule has 2 aromatic carbocycles. The zero-order valence-corrected chi connectivity index (χ0v) is 16.1. The molecule has 0 amide bonds. The van der Waals surface area contributed by atoms with Crippen molar-refractivity contribution in [2.45, 2.75) is 64.5 Å². The Morgan fingerprint density at radius 2 is 1.40 bits per heavy atom. The van der Waals surface area contributed by atoms with E-state index in [9.17, 15) is 0 Å². The highest BCUT2D eigenvalue weighted by Gasteiger charge is 2.53. The maximum Gasteiger partial charge on any atom is 0.465 e. The van der Waals surface area contributed by atoms with Gasteiger partial charge in [0.25, 0.3) is 0 Å². The Bertz CT molecular complexity index is 676. The van der Waals surface area contributed by atoms with E-state index < -0.39 is 0 Å². The molecule has 1 unspecified atom stereocenters. The van der Waals surface area contributed by atoms with Crippen LogP contribution in [0.3, 0.4) is 0 Å². The zero-order valence-electron chi connectivity index (χ0n) is 16.1. The summed E-state index contributed by atoms with van der Waals surface area (Å²) in [6.07, 6.45) is 2.02. The van der Waals surface area contributed by atoms with E-state index >= 15 is 0 Å². The quantitative estimate of drug-likeness (QED) is 0.686. The summed E-state index contributed by atoms with van der Waals surface area (Å²) in [5.74, 6) is 0.224. The lowest BCUT2D eigenvalue weighted by Crippen LogP contribution is -2.41. The molecular formula is C22H29BO2. The van der Waals surface area contributed by atoms with Gasteiger partial charge in [0.05, 0.1) is 11.2 Å². The Hall–Kier alpha value is -1.58. The van der Waals surface area contributed by atoms with Crippen LogP contribution in [-0.4, -0.2) is 18.3 Å². The fourth-order valence-electron chi connectivity index (χ4n) is 3.29. The van der Waals surface area contributed by atoms with Crippen LogP contribution in [0.5, 0.6) is 0 Å². The molecule has 1 atom stereocenters. The fraction of sp³-hybridized carbons (Fsp3) is 0.455. The van der Waals surface area contributed by atoms with Crippen LogP contribution in [0.1, 0.15) is 56.6 Å². The van der Waals surface area contributed by atoms with Crippen molar-refractivity contribution in [1.29, 1.82) is 0 Å². The van der Waals surface area contributed by atoms with Crippen LogP contribution in [0, 0.1) is 6.92 Å². The zero-order chi connectivity index (χ0) is 18.1. The van der Waals surface area contributed by atoms with Gasteiger partial charge < -0.3 is 9.31 Å². The lowest BCUT2D eigenvalue weighted by Gasteiger charge is -2.32. The van der Waals surface area contributed by atoms with Gasteiger partial charge in [-0.3, -0.25) is 0 Å². The SMILES string of the molecule is Cc1ccc(C(CCc2ccccc2)B2OC(C)(C)C(C)(C)O2)cc1. The molecule has 0 spiro atoms. The van der Waals surface area contributed by atoms with E-state index in [0.717, 1.165) is 12.8 Å². The van der Waals surface area contributed by atoms with Crippen molar-refractivity contribution in [2.24, 2.45) is 0 Å². The summed E-state index contributed by atoms with van der Waals surface area (Å²) in [6, 6.07) is 19.4. The highest BCUT2D eigenvalue weighted by Crippen LogP contribution is 2.42. The van der Waals surface area contributed by atoms with Crippen molar-refractivity contribution < 1.29 is 9.31 Å². The van der Waals surface area contributed by atoms with Crippen molar-refractivity contribution in [3.8, 4) is 0 Å². The molecule has 0 N–H and O–H groups in total. The molecule has 132 valence electrons. The Kier molecular flexibility index (Phi) is 5.08. The molecule has 0 bridgehead atoms. The van der Waals surface area contributed by atoms with Crippen LogP contribution in [-0.2, 0) is 15.7 Å². The van der Waals surface area contributed by atoms with Crippen molar-refractivity contribution >= 4 is 7.12 Å². The lowest BCUT2D eigenvalue weighted by molar-refractivity contribution is 0.00578. The predicted molar refractivity (Wildman–Crippen MR) is 105 cm³/mol. The first-order valence-electron chi connectivity index (χ1n) is 9.25. The van der Waals surface area contributed by atoms with Gasteiger partial charge in [-0.15, -0.1) is 0 Å². The molecule has 1 aliphatic heterocycles. The number of aryl methyl sites for hydroxylation is 2. The molecule has 0 radical (unpaired) electrons. The molecule has 2 nitrogen and oxygen atoms in total. The van der Waals surface area contributed by atoms with Crippen molar-refractivity contribution in [2.75, 3.05) is 0 Å². The van der Waals surface area contributed by atoms with Gasteiger partial charge in [0.2, 0.25) is 0 Å². The Labute approximate surface area is 152 Å². The summed E-state index contributed by atoms with van der Waals surface area (Å²) in [5.41, 5.74) is 3.33. The first-order chi connectivity index (χ1) is 11.8. The van der Waals surface area contributed by atoms with E-state index in [0.29, 0.717) is 0 Å². The third-order valence-electron chi connectivity index (χ3n) is 5.69. The molecule has 0 saturated carbocycles. The van der Waals surface area contributed by atoms with E-state index in [1.807, 2.05) is 0 Å². The summed E-state index contributed by atoms with van der Waals surface area (Å²) in [4.78, 5) is 0. The Morgan fingerprint density at radius 1 is 0.840 bits per heavy atom. The minimum absolute atomic E-state index is 0.212. The molecule has 25 heavy (non-hydrogen) atoms. The maximum absolute atomic E-state index is 6.38. The number of hydrogen-bond donors (Lipinski definition) is 0. The average molecular weight is 336 g/mol. The molecule has 3 rings (SSSR count). The highest BCUT2D eigenvalue weighted by molar-refractivity contribution is 6.47. The van der Waals surface area contributed by atoms with Crippen LogP contribution >= 0.6 is 0 Å². The second-order valence-corrected chi connectivity index (χ2v) is 8.17. The molecule has 0 aliphatic carbocycles. The second kappa shape index (κ2) is 6.97. The van der Waals surface area contributed by atoms with Gasteiger partial charge in [-0.1, -0.05) is 60.2 Å². The Balaban J connectivity index is 1.83. The molecule has 1 heterocycles. The summed E-state index contributed by atoms with van der Waals surface area (Å²) in [5, 5.41) is 0. The summed E-state index contributed by atoms with van der Waals surface area (Å²) < 4.78 is 12.8. The van der Waals surface area contributed by atoms with Gasteiger partial charge in [0.15, 0.2) is 0 Å². The van der Waals surface area contributed by atoms with Gasteiger partial charge in [-0.2, -0.15) is 0 Å². The fourth-order valence-corrected chi connectivity index (χ4v) is 3.29. The van der Waals surface area contributed by atoms with Crippen LogP contribution < -0.4 is 0 Å². The third kappa shape index (κ3) is 3.99. The van der Waals surface area contributed by atoms with E-state index in [4.69, 9.17) is 9.31 Å². The van der Waals surface area contributed by atoms with E-state index in [1.54, 1.807) is 0 Å². The summed E-state index contributed by atoms with van der Waals surface area (Å²) >= 11 is 0. The molecule has 1 fully saturated rings. The topological polar surface area (TPSA) is 18.5 Å². The number of benzene rings is 2. The molecular weight excluding hydrogens is 307 g/mol. The van der Waals surface area contributed by atoms with Gasteiger partial charge in [-0.25, -0.2) is 0 Å². The number of hydrogen-bond acceptors (Lipinski definition) is 2. The minimum atomic E-state index is -0.298. The lowest BCUT2D eigenvalue weighted by atomic mass is 9.65.